The van der Waals surface area contributed by atoms with Gasteiger partial charge in [-0.25, -0.2) is 0 Å². The van der Waals surface area contributed by atoms with Crippen molar-refractivity contribution >= 4 is 28.2 Å². The predicted molar refractivity (Wildman–Crippen MR) is 69.7 cm³/mol. The van der Waals surface area contributed by atoms with Crippen molar-refractivity contribution in [3.63, 3.8) is 0 Å². The summed E-state index contributed by atoms with van der Waals surface area (Å²) in [6.45, 7) is 1.83. The summed E-state index contributed by atoms with van der Waals surface area (Å²) in [5.74, 6) is -0.0415. The van der Waals surface area contributed by atoms with Gasteiger partial charge in [0.25, 0.3) is 5.91 Å². The quantitative estimate of drug-likeness (QED) is 0.751. The number of carbonyl (C=O) groups is 2. The summed E-state index contributed by atoms with van der Waals surface area (Å²) in [5.41, 5.74) is 0. The summed E-state index contributed by atoms with van der Waals surface area (Å²) in [6, 6.07) is 3.40. The van der Waals surface area contributed by atoms with E-state index in [0.717, 1.165) is 12.8 Å². The van der Waals surface area contributed by atoms with E-state index in [4.69, 9.17) is 5.11 Å². The molecule has 98 valence electrons. The van der Waals surface area contributed by atoms with Gasteiger partial charge in [-0.15, -0.1) is 11.3 Å². The molecular weight excluding hydrogens is 252 g/mol. The second-order valence-electron chi connectivity index (χ2n) is 4.49. The third-order valence-electron chi connectivity index (χ3n) is 2.58. The van der Waals surface area contributed by atoms with E-state index in [-0.39, 0.29) is 24.3 Å². The van der Waals surface area contributed by atoms with Gasteiger partial charge >= 0.3 is 0 Å². The highest BCUT2D eigenvalue weighted by Crippen LogP contribution is 2.31. The molecule has 0 unspecified atom stereocenters. The standard InChI is InChI=1S/C12H16N2O3S/c1-7(15)6-13-12(17)9-4-5-10(18-9)14-11(16)8-2-3-8/h4-5,7-8,15H,2-3,6H2,1H3,(H,13,17)(H,14,16)/t7-/m0/s1. The molecule has 6 heteroatoms. The summed E-state index contributed by atoms with van der Waals surface area (Å²) in [6.07, 6.45) is 1.35. The topological polar surface area (TPSA) is 78.4 Å². The minimum Gasteiger partial charge on any atom is -0.392 e. The van der Waals surface area contributed by atoms with Crippen LogP contribution in [0.15, 0.2) is 12.1 Å². The van der Waals surface area contributed by atoms with Crippen LogP contribution in [0.1, 0.15) is 29.4 Å². The smallest absolute Gasteiger partial charge is 0.261 e. The van der Waals surface area contributed by atoms with Crippen LogP contribution >= 0.6 is 11.3 Å². The first kappa shape index (κ1) is 13.0. The van der Waals surface area contributed by atoms with E-state index in [1.54, 1.807) is 19.1 Å². The van der Waals surface area contributed by atoms with Crippen molar-refractivity contribution in [3.8, 4) is 0 Å². The van der Waals surface area contributed by atoms with Crippen molar-refractivity contribution in [2.75, 3.05) is 11.9 Å². The van der Waals surface area contributed by atoms with E-state index in [1.165, 1.54) is 11.3 Å². The summed E-state index contributed by atoms with van der Waals surface area (Å²) < 4.78 is 0. The lowest BCUT2D eigenvalue weighted by Crippen LogP contribution is -2.29. The Morgan fingerprint density at radius 2 is 2.22 bits per heavy atom. The number of hydrogen-bond acceptors (Lipinski definition) is 4. The van der Waals surface area contributed by atoms with Gasteiger partial charge in [-0.3, -0.25) is 9.59 Å². The first-order chi connectivity index (χ1) is 8.56. The summed E-state index contributed by atoms with van der Waals surface area (Å²) >= 11 is 1.24. The zero-order valence-corrected chi connectivity index (χ0v) is 10.9. The van der Waals surface area contributed by atoms with Crippen molar-refractivity contribution in [3.05, 3.63) is 17.0 Å². The third kappa shape index (κ3) is 3.54. The van der Waals surface area contributed by atoms with Crippen LogP contribution in [0.5, 0.6) is 0 Å². The molecule has 5 nitrogen and oxygen atoms in total. The van der Waals surface area contributed by atoms with Gasteiger partial charge in [-0.05, 0) is 31.9 Å². The van der Waals surface area contributed by atoms with Gasteiger partial charge < -0.3 is 15.7 Å². The summed E-state index contributed by atoms with van der Waals surface area (Å²) in [4.78, 5) is 23.7. The van der Waals surface area contributed by atoms with Gasteiger partial charge in [0.05, 0.1) is 16.0 Å². The van der Waals surface area contributed by atoms with Crippen LogP contribution in [-0.4, -0.2) is 29.6 Å². The SMILES string of the molecule is C[C@H](O)CNC(=O)c1ccc(NC(=O)C2CC2)s1. The highest BCUT2D eigenvalue weighted by Gasteiger charge is 2.29. The van der Waals surface area contributed by atoms with Gasteiger partial charge in [-0.1, -0.05) is 0 Å². The fourth-order valence-corrected chi connectivity index (χ4v) is 2.25. The molecule has 1 atom stereocenters. The first-order valence-electron chi connectivity index (χ1n) is 5.93. The van der Waals surface area contributed by atoms with Crippen molar-refractivity contribution in [2.45, 2.75) is 25.9 Å². The molecule has 2 amide bonds. The van der Waals surface area contributed by atoms with Crippen LogP contribution in [-0.2, 0) is 4.79 Å². The molecule has 18 heavy (non-hydrogen) atoms. The van der Waals surface area contributed by atoms with Gasteiger partial charge in [0.2, 0.25) is 5.91 Å². The second kappa shape index (κ2) is 5.49. The largest absolute Gasteiger partial charge is 0.392 e. The molecule has 1 saturated carbocycles. The highest BCUT2D eigenvalue weighted by molar-refractivity contribution is 7.18. The maximum atomic E-state index is 11.7. The number of aliphatic hydroxyl groups is 1. The number of rotatable bonds is 5. The van der Waals surface area contributed by atoms with Gasteiger partial charge in [0.15, 0.2) is 0 Å². The average molecular weight is 268 g/mol. The van der Waals surface area contributed by atoms with Crippen LogP contribution in [0.25, 0.3) is 0 Å². The fourth-order valence-electron chi connectivity index (χ4n) is 1.42. The molecule has 1 aliphatic rings. The molecule has 1 heterocycles. The molecule has 1 aromatic heterocycles. The number of aliphatic hydroxyl groups excluding tert-OH is 1. The first-order valence-corrected chi connectivity index (χ1v) is 6.75. The molecule has 0 aromatic carbocycles. The minimum atomic E-state index is -0.567. The van der Waals surface area contributed by atoms with Gasteiger partial charge in [0.1, 0.15) is 0 Å². The molecule has 1 aliphatic carbocycles. The Hall–Kier alpha value is -1.40. The summed E-state index contributed by atoms with van der Waals surface area (Å²) in [7, 11) is 0. The zero-order chi connectivity index (χ0) is 13.1. The minimum absolute atomic E-state index is 0.0350. The van der Waals surface area contributed by atoms with E-state index in [2.05, 4.69) is 10.6 Å². The van der Waals surface area contributed by atoms with Crippen LogP contribution in [0, 0.1) is 5.92 Å². The Labute approximate surface area is 109 Å². The number of carbonyl (C=O) groups excluding carboxylic acids is 2. The zero-order valence-electron chi connectivity index (χ0n) is 10.1. The van der Waals surface area contributed by atoms with Crippen molar-refractivity contribution in [1.82, 2.24) is 5.32 Å². The molecule has 0 bridgehead atoms. The highest BCUT2D eigenvalue weighted by atomic mass is 32.1. The molecule has 1 fully saturated rings. The van der Waals surface area contributed by atoms with Crippen LogP contribution in [0.4, 0.5) is 5.00 Å². The second-order valence-corrected chi connectivity index (χ2v) is 5.57. The molecule has 0 saturated heterocycles. The number of thiophene rings is 1. The monoisotopic (exact) mass is 268 g/mol. The van der Waals surface area contributed by atoms with E-state index in [1.807, 2.05) is 0 Å². The lowest BCUT2D eigenvalue weighted by molar-refractivity contribution is -0.117. The Balaban J connectivity index is 1.88. The number of hydrogen-bond donors (Lipinski definition) is 3. The van der Waals surface area contributed by atoms with Crippen LogP contribution in [0.2, 0.25) is 0 Å². The predicted octanol–water partition coefficient (Wildman–Crippen LogP) is 1.21. The summed E-state index contributed by atoms with van der Waals surface area (Å²) in [5, 5.41) is 15.2. The normalized spacial score (nSPS) is 16.1. The van der Waals surface area contributed by atoms with E-state index >= 15 is 0 Å². The molecule has 0 radical (unpaired) electrons. The maximum Gasteiger partial charge on any atom is 0.261 e. The number of anilines is 1. The van der Waals surface area contributed by atoms with Gasteiger partial charge in [0, 0.05) is 12.5 Å². The van der Waals surface area contributed by atoms with Crippen molar-refractivity contribution < 1.29 is 14.7 Å². The Bertz CT molecular complexity index is 452. The van der Waals surface area contributed by atoms with E-state index < -0.39 is 6.10 Å². The third-order valence-corrected chi connectivity index (χ3v) is 3.58. The maximum absolute atomic E-state index is 11.7. The average Bonchev–Trinajstić information content (AvgIpc) is 3.07. The Morgan fingerprint density at radius 1 is 1.50 bits per heavy atom. The lowest BCUT2D eigenvalue weighted by atomic mass is 10.3. The van der Waals surface area contributed by atoms with Crippen molar-refractivity contribution in [1.29, 1.82) is 0 Å². The molecule has 3 N–H and O–H groups in total. The molecule has 0 aliphatic heterocycles. The van der Waals surface area contributed by atoms with Crippen LogP contribution < -0.4 is 10.6 Å². The lowest BCUT2D eigenvalue weighted by Gasteiger charge is -2.05. The number of nitrogens with one attached hydrogen (secondary N) is 2. The van der Waals surface area contributed by atoms with E-state index in [0.29, 0.717) is 9.88 Å². The molecular formula is C12H16N2O3S. The number of amides is 2. The van der Waals surface area contributed by atoms with Crippen LogP contribution in [0.3, 0.4) is 0 Å². The molecule has 0 spiro atoms. The van der Waals surface area contributed by atoms with E-state index in [9.17, 15) is 9.59 Å². The molecule has 2 rings (SSSR count). The molecule has 1 aromatic rings. The fraction of sp³-hybridized carbons (Fsp3) is 0.500. The Kier molecular flexibility index (Phi) is 3.98. The van der Waals surface area contributed by atoms with Crippen molar-refractivity contribution in [2.24, 2.45) is 5.92 Å². The van der Waals surface area contributed by atoms with Gasteiger partial charge in [-0.2, -0.15) is 0 Å². The Morgan fingerprint density at radius 3 is 2.83 bits per heavy atom.